The molecule has 0 bridgehead atoms. The normalized spacial score (nSPS) is 18.7. The van der Waals surface area contributed by atoms with Gasteiger partial charge in [-0.1, -0.05) is 18.7 Å². The molecule has 0 aliphatic carbocycles. The Balaban J connectivity index is 3.00. The van der Waals surface area contributed by atoms with Crippen molar-refractivity contribution in [3.8, 4) is 6.07 Å². The third kappa shape index (κ3) is 2.38. The van der Waals surface area contributed by atoms with Crippen LogP contribution in [0.2, 0.25) is 0 Å². The molecule has 1 rings (SSSR count). The zero-order chi connectivity index (χ0) is 11.5. The predicted molar refractivity (Wildman–Crippen MR) is 62.7 cm³/mol. The SMILES string of the molecule is C=C/C=C1/C=CC(C(C)(C)C#N)=CN1C. The molecule has 15 heavy (non-hydrogen) atoms. The summed E-state index contributed by atoms with van der Waals surface area (Å²) in [5.41, 5.74) is 1.65. The van der Waals surface area contributed by atoms with Crippen LogP contribution < -0.4 is 0 Å². The molecule has 0 unspecified atom stereocenters. The lowest BCUT2D eigenvalue weighted by Gasteiger charge is -2.26. The van der Waals surface area contributed by atoms with Crippen LogP contribution in [0.15, 0.2) is 48.4 Å². The number of hydrogen-bond donors (Lipinski definition) is 0. The molecule has 0 amide bonds. The number of hydrogen-bond acceptors (Lipinski definition) is 2. The predicted octanol–water partition coefficient (Wildman–Crippen LogP) is 2.99. The van der Waals surface area contributed by atoms with E-state index in [1.165, 1.54) is 0 Å². The van der Waals surface area contributed by atoms with Crippen molar-refractivity contribution in [2.75, 3.05) is 7.05 Å². The standard InChI is InChI=1S/C13H16N2/c1-5-6-12-8-7-11(9-15(12)4)13(2,3)10-14/h5-9H,1H2,2-4H3/b12-6-. The number of rotatable bonds is 2. The first-order valence-electron chi connectivity index (χ1n) is 4.88. The molecule has 0 atom stereocenters. The van der Waals surface area contributed by atoms with Crippen molar-refractivity contribution < 1.29 is 0 Å². The van der Waals surface area contributed by atoms with Crippen molar-refractivity contribution in [3.05, 3.63) is 48.4 Å². The van der Waals surface area contributed by atoms with E-state index >= 15 is 0 Å². The van der Waals surface area contributed by atoms with E-state index in [9.17, 15) is 0 Å². The van der Waals surface area contributed by atoms with E-state index in [-0.39, 0.29) is 0 Å². The van der Waals surface area contributed by atoms with Gasteiger partial charge in [0, 0.05) is 18.9 Å². The molecular formula is C13H16N2. The number of likely N-dealkylation sites (N-methyl/N-ethyl adjacent to an activating group) is 1. The second-order valence-corrected chi connectivity index (χ2v) is 4.09. The largest absolute Gasteiger partial charge is 0.351 e. The molecule has 0 spiro atoms. The minimum absolute atomic E-state index is 0.440. The third-order valence-corrected chi connectivity index (χ3v) is 2.46. The highest BCUT2D eigenvalue weighted by atomic mass is 15.1. The molecule has 0 fully saturated rings. The second-order valence-electron chi connectivity index (χ2n) is 4.09. The van der Waals surface area contributed by atoms with Crippen molar-refractivity contribution in [2.45, 2.75) is 13.8 Å². The van der Waals surface area contributed by atoms with Crippen LogP contribution in [0.1, 0.15) is 13.8 Å². The van der Waals surface area contributed by atoms with Crippen LogP contribution in [0.5, 0.6) is 0 Å². The quantitative estimate of drug-likeness (QED) is 0.685. The maximum atomic E-state index is 9.03. The Bertz CT molecular complexity index is 389. The van der Waals surface area contributed by atoms with Crippen LogP contribution in [-0.4, -0.2) is 11.9 Å². The summed E-state index contributed by atoms with van der Waals surface area (Å²) in [5.74, 6) is 0. The van der Waals surface area contributed by atoms with Crippen LogP contribution in [0.3, 0.4) is 0 Å². The number of allylic oxidation sites excluding steroid dienone is 5. The molecule has 78 valence electrons. The molecule has 1 heterocycles. The Morgan fingerprint density at radius 2 is 2.13 bits per heavy atom. The molecule has 2 heteroatoms. The molecule has 0 saturated carbocycles. The van der Waals surface area contributed by atoms with Crippen molar-refractivity contribution in [3.63, 3.8) is 0 Å². The van der Waals surface area contributed by atoms with Gasteiger partial charge in [-0.2, -0.15) is 5.26 Å². The lowest BCUT2D eigenvalue weighted by atomic mass is 9.85. The van der Waals surface area contributed by atoms with Crippen LogP contribution >= 0.6 is 0 Å². The smallest absolute Gasteiger partial charge is 0.0780 e. The fourth-order valence-corrected chi connectivity index (χ4v) is 1.35. The van der Waals surface area contributed by atoms with Gasteiger partial charge in [-0.05, 0) is 31.6 Å². The van der Waals surface area contributed by atoms with Gasteiger partial charge in [-0.15, -0.1) is 0 Å². The zero-order valence-corrected chi connectivity index (χ0v) is 9.49. The highest BCUT2D eigenvalue weighted by Gasteiger charge is 2.23. The third-order valence-electron chi connectivity index (χ3n) is 2.46. The monoisotopic (exact) mass is 200 g/mol. The molecule has 0 radical (unpaired) electrons. The maximum Gasteiger partial charge on any atom is 0.0780 e. The Labute approximate surface area is 91.5 Å². The highest BCUT2D eigenvalue weighted by Crippen LogP contribution is 2.30. The Kier molecular flexibility index (Phi) is 3.16. The van der Waals surface area contributed by atoms with Gasteiger partial charge in [-0.25, -0.2) is 0 Å². The van der Waals surface area contributed by atoms with Crippen LogP contribution in [0, 0.1) is 16.7 Å². The van der Waals surface area contributed by atoms with E-state index in [4.69, 9.17) is 5.26 Å². The molecule has 0 N–H and O–H groups in total. The van der Waals surface area contributed by atoms with E-state index in [1.54, 1.807) is 6.08 Å². The van der Waals surface area contributed by atoms with Gasteiger partial charge in [-0.3, -0.25) is 0 Å². The molecule has 0 aromatic heterocycles. The van der Waals surface area contributed by atoms with Gasteiger partial charge in [0.05, 0.1) is 11.5 Å². The molecule has 0 aromatic carbocycles. The summed E-state index contributed by atoms with van der Waals surface area (Å²) in [6.45, 7) is 7.49. The molecule has 1 aliphatic rings. The topological polar surface area (TPSA) is 27.0 Å². The Hall–Kier alpha value is -1.75. The van der Waals surface area contributed by atoms with Crippen molar-refractivity contribution in [1.29, 1.82) is 5.26 Å². The lowest BCUT2D eigenvalue weighted by Crippen LogP contribution is -2.19. The van der Waals surface area contributed by atoms with Crippen molar-refractivity contribution in [2.24, 2.45) is 5.41 Å². The summed E-state index contributed by atoms with van der Waals surface area (Å²) >= 11 is 0. The Morgan fingerprint density at radius 1 is 1.47 bits per heavy atom. The first kappa shape index (κ1) is 11.3. The average Bonchev–Trinajstić information content (AvgIpc) is 2.21. The van der Waals surface area contributed by atoms with Gasteiger partial charge in [0.15, 0.2) is 0 Å². The fraction of sp³-hybridized carbons (Fsp3) is 0.308. The molecule has 0 aromatic rings. The molecule has 1 aliphatic heterocycles. The van der Waals surface area contributed by atoms with E-state index in [2.05, 4.69) is 12.6 Å². The highest BCUT2D eigenvalue weighted by molar-refractivity contribution is 5.40. The fourth-order valence-electron chi connectivity index (χ4n) is 1.35. The summed E-state index contributed by atoms with van der Waals surface area (Å²) in [6, 6.07) is 2.29. The van der Waals surface area contributed by atoms with Crippen molar-refractivity contribution in [1.82, 2.24) is 4.90 Å². The van der Waals surface area contributed by atoms with Gasteiger partial charge in [0.2, 0.25) is 0 Å². The zero-order valence-electron chi connectivity index (χ0n) is 9.49. The molecule has 2 nitrogen and oxygen atoms in total. The van der Waals surface area contributed by atoms with Crippen LogP contribution in [-0.2, 0) is 0 Å². The first-order valence-corrected chi connectivity index (χ1v) is 4.88. The average molecular weight is 200 g/mol. The Morgan fingerprint density at radius 3 is 2.60 bits per heavy atom. The number of nitriles is 1. The summed E-state index contributed by atoms with van der Waals surface area (Å²) in [7, 11) is 1.96. The van der Waals surface area contributed by atoms with E-state index in [0.717, 1.165) is 11.3 Å². The number of nitrogens with zero attached hydrogens (tertiary/aromatic N) is 2. The van der Waals surface area contributed by atoms with Gasteiger partial charge >= 0.3 is 0 Å². The van der Waals surface area contributed by atoms with E-state index in [0.29, 0.717) is 0 Å². The van der Waals surface area contributed by atoms with E-state index < -0.39 is 5.41 Å². The van der Waals surface area contributed by atoms with Crippen LogP contribution in [0.25, 0.3) is 0 Å². The second kappa shape index (κ2) is 4.18. The minimum Gasteiger partial charge on any atom is -0.351 e. The van der Waals surface area contributed by atoms with Crippen LogP contribution in [0.4, 0.5) is 0 Å². The summed E-state index contributed by atoms with van der Waals surface area (Å²) in [5, 5.41) is 9.03. The van der Waals surface area contributed by atoms with E-state index in [1.807, 2.05) is 50.2 Å². The summed E-state index contributed by atoms with van der Waals surface area (Å²) < 4.78 is 0. The lowest BCUT2D eigenvalue weighted by molar-refractivity contribution is 0.533. The van der Waals surface area contributed by atoms with Gasteiger partial charge in [0.1, 0.15) is 0 Å². The summed E-state index contributed by atoms with van der Waals surface area (Å²) in [4.78, 5) is 2.00. The molecular weight excluding hydrogens is 184 g/mol. The maximum absolute atomic E-state index is 9.03. The van der Waals surface area contributed by atoms with Gasteiger partial charge < -0.3 is 4.90 Å². The first-order chi connectivity index (χ1) is 7.01. The molecule has 0 saturated heterocycles. The summed E-state index contributed by atoms with van der Waals surface area (Å²) in [6.07, 6.45) is 9.65. The minimum atomic E-state index is -0.440. The van der Waals surface area contributed by atoms with Gasteiger partial charge in [0.25, 0.3) is 0 Å². The van der Waals surface area contributed by atoms with Crippen molar-refractivity contribution >= 4 is 0 Å².